The summed E-state index contributed by atoms with van der Waals surface area (Å²) in [4.78, 5) is 0. The van der Waals surface area contributed by atoms with Crippen molar-refractivity contribution >= 4 is 0 Å². The van der Waals surface area contributed by atoms with Gasteiger partial charge in [0.2, 0.25) is 0 Å². The lowest BCUT2D eigenvalue weighted by atomic mass is 9.97. The standard InChI is InChI=1S/C15H32NO.HI/c1-14(2)6-5-7-15(3)8-9-16(4)10-12-17-13-11-16;/h14-15H,5-13H2,1-4H3;1H/q+1;/p-1. The zero-order chi connectivity index (χ0) is 12.7. The highest BCUT2D eigenvalue weighted by Crippen LogP contribution is 2.18. The average Bonchev–Trinajstić information content (AvgIpc) is 2.27. The van der Waals surface area contributed by atoms with Gasteiger partial charge < -0.3 is 33.2 Å². The summed E-state index contributed by atoms with van der Waals surface area (Å²) in [7, 11) is 2.39. The first-order chi connectivity index (χ1) is 8.02. The van der Waals surface area contributed by atoms with Gasteiger partial charge in [-0.25, -0.2) is 0 Å². The zero-order valence-electron chi connectivity index (χ0n) is 12.8. The molecule has 0 aromatic heterocycles. The van der Waals surface area contributed by atoms with Crippen molar-refractivity contribution < 1.29 is 33.2 Å². The number of hydrogen-bond acceptors (Lipinski definition) is 1. The van der Waals surface area contributed by atoms with E-state index < -0.39 is 0 Å². The fourth-order valence-electron chi connectivity index (χ4n) is 2.56. The Hall–Kier alpha value is 0.650. The molecule has 1 fully saturated rings. The van der Waals surface area contributed by atoms with E-state index in [1.165, 1.54) is 49.8 Å². The summed E-state index contributed by atoms with van der Waals surface area (Å²) in [5.41, 5.74) is 0. The molecule has 1 aliphatic heterocycles. The third-order valence-corrected chi connectivity index (χ3v) is 4.19. The molecule has 18 heavy (non-hydrogen) atoms. The molecule has 0 spiro atoms. The van der Waals surface area contributed by atoms with Crippen LogP contribution in [-0.2, 0) is 4.74 Å². The predicted molar refractivity (Wildman–Crippen MR) is 74.1 cm³/mol. The van der Waals surface area contributed by atoms with Crippen molar-refractivity contribution in [1.29, 1.82) is 0 Å². The summed E-state index contributed by atoms with van der Waals surface area (Å²) in [5.74, 6) is 1.76. The van der Waals surface area contributed by atoms with Gasteiger partial charge in [-0.1, -0.05) is 40.0 Å². The normalized spacial score (nSPS) is 20.5. The van der Waals surface area contributed by atoms with Crippen molar-refractivity contribution in [1.82, 2.24) is 0 Å². The van der Waals surface area contributed by atoms with Crippen molar-refractivity contribution in [2.45, 2.75) is 46.5 Å². The number of likely N-dealkylation sites (N-methyl/N-ethyl adjacent to an activating group) is 1. The Morgan fingerprint density at radius 3 is 2.17 bits per heavy atom. The second-order valence-electron chi connectivity index (χ2n) is 6.62. The first kappa shape index (κ1) is 18.7. The summed E-state index contributed by atoms with van der Waals surface area (Å²) in [5, 5.41) is 0. The van der Waals surface area contributed by atoms with Gasteiger partial charge in [0, 0.05) is 0 Å². The van der Waals surface area contributed by atoms with Gasteiger partial charge in [-0.15, -0.1) is 0 Å². The van der Waals surface area contributed by atoms with Crippen LogP contribution in [0.1, 0.15) is 46.5 Å². The van der Waals surface area contributed by atoms with Gasteiger partial charge >= 0.3 is 0 Å². The molecule has 0 N–H and O–H groups in total. The van der Waals surface area contributed by atoms with E-state index in [1.807, 2.05) is 0 Å². The van der Waals surface area contributed by atoms with E-state index in [2.05, 4.69) is 27.8 Å². The molecule has 1 rings (SSSR count). The largest absolute Gasteiger partial charge is 1.00 e. The van der Waals surface area contributed by atoms with Crippen molar-refractivity contribution in [2.75, 3.05) is 39.9 Å². The Morgan fingerprint density at radius 1 is 1.00 bits per heavy atom. The smallest absolute Gasteiger partial charge is 0.102 e. The quantitative estimate of drug-likeness (QED) is 0.464. The summed E-state index contributed by atoms with van der Waals surface area (Å²) in [6, 6.07) is 0. The molecule has 2 nitrogen and oxygen atoms in total. The summed E-state index contributed by atoms with van der Waals surface area (Å²) in [6.45, 7) is 12.7. The maximum Gasteiger partial charge on any atom is 0.102 e. The van der Waals surface area contributed by atoms with E-state index in [-0.39, 0.29) is 24.0 Å². The molecule has 1 aliphatic rings. The van der Waals surface area contributed by atoms with E-state index in [1.54, 1.807) is 0 Å². The molecule has 1 unspecified atom stereocenters. The number of quaternary nitrogens is 1. The van der Waals surface area contributed by atoms with Crippen molar-refractivity contribution in [3.8, 4) is 0 Å². The van der Waals surface area contributed by atoms with Crippen LogP contribution < -0.4 is 24.0 Å². The summed E-state index contributed by atoms with van der Waals surface area (Å²) >= 11 is 0. The van der Waals surface area contributed by atoms with Gasteiger partial charge in [-0.05, 0) is 18.3 Å². The van der Waals surface area contributed by atoms with Gasteiger partial charge in [-0.2, -0.15) is 0 Å². The monoisotopic (exact) mass is 369 g/mol. The Kier molecular flexibility index (Phi) is 9.88. The molecule has 0 radical (unpaired) electrons. The minimum absolute atomic E-state index is 0. The van der Waals surface area contributed by atoms with Crippen molar-refractivity contribution in [3.63, 3.8) is 0 Å². The van der Waals surface area contributed by atoms with Gasteiger partial charge in [0.15, 0.2) is 0 Å². The molecule has 0 bridgehead atoms. The second-order valence-corrected chi connectivity index (χ2v) is 6.62. The lowest BCUT2D eigenvalue weighted by Gasteiger charge is -2.38. The molecule has 1 saturated heterocycles. The Bertz CT molecular complexity index is 203. The molecule has 0 aromatic rings. The van der Waals surface area contributed by atoms with Crippen LogP contribution in [0.15, 0.2) is 0 Å². The van der Waals surface area contributed by atoms with Crippen LogP contribution in [0.4, 0.5) is 0 Å². The first-order valence-corrected chi connectivity index (χ1v) is 7.43. The SMILES string of the molecule is CC(C)CCCC(C)CC[N+]1(C)CCOCC1.[I-]. The third-order valence-electron chi connectivity index (χ3n) is 4.19. The minimum atomic E-state index is 0. The molecule has 1 heterocycles. The van der Waals surface area contributed by atoms with Gasteiger partial charge in [0.1, 0.15) is 13.1 Å². The summed E-state index contributed by atoms with van der Waals surface area (Å²) < 4.78 is 6.68. The average molecular weight is 369 g/mol. The number of halogens is 1. The summed E-state index contributed by atoms with van der Waals surface area (Å²) in [6.07, 6.45) is 5.60. The molecule has 3 heteroatoms. The predicted octanol–water partition coefficient (Wildman–Crippen LogP) is 0.320. The van der Waals surface area contributed by atoms with Gasteiger partial charge in [-0.3, -0.25) is 0 Å². The number of morpholine rings is 1. The Balaban J connectivity index is 0.00000289. The van der Waals surface area contributed by atoms with Crippen LogP contribution in [0.2, 0.25) is 0 Å². The lowest BCUT2D eigenvalue weighted by Crippen LogP contribution is -3.00. The maximum absolute atomic E-state index is 5.45. The first-order valence-electron chi connectivity index (χ1n) is 7.43. The molecule has 0 aliphatic carbocycles. The molecule has 0 amide bonds. The van der Waals surface area contributed by atoms with Crippen LogP contribution in [0, 0.1) is 11.8 Å². The van der Waals surface area contributed by atoms with Gasteiger partial charge in [0.25, 0.3) is 0 Å². The highest BCUT2D eigenvalue weighted by atomic mass is 127. The topological polar surface area (TPSA) is 9.23 Å². The van der Waals surface area contributed by atoms with Crippen molar-refractivity contribution in [2.24, 2.45) is 11.8 Å². The molecular weight excluding hydrogens is 337 g/mol. The third kappa shape index (κ3) is 7.95. The zero-order valence-corrected chi connectivity index (χ0v) is 14.9. The van der Waals surface area contributed by atoms with Crippen LogP contribution in [0.3, 0.4) is 0 Å². The molecule has 0 aromatic carbocycles. The van der Waals surface area contributed by atoms with Crippen LogP contribution in [-0.4, -0.2) is 44.4 Å². The fourth-order valence-corrected chi connectivity index (χ4v) is 2.56. The van der Waals surface area contributed by atoms with Gasteiger partial charge in [0.05, 0.1) is 26.8 Å². The number of ether oxygens (including phenoxy) is 1. The lowest BCUT2D eigenvalue weighted by molar-refractivity contribution is -0.917. The number of rotatable bonds is 7. The van der Waals surface area contributed by atoms with Crippen LogP contribution in [0.25, 0.3) is 0 Å². The number of nitrogens with zero attached hydrogens (tertiary/aromatic N) is 1. The van der Waals surface area contributed by atoms with E-state index >= 15 is 0 Å². The van der Waals surface area contributed by atoms with Crippen LogP contribution in [0.5, 0.6) is 0 Å². The second kappa shape index (κ2) is 9.54. The van der Waals surface area contributed by atoms with E-state index in [9.17, 15) is 0 Å². The molecule has 110 valence electrons. The fraction of sp³-hybridized carbons (Fsp3) is 1.00. The molecule has 1 atom stereocenters. The van der Waals surface area contributed by atoms with E-state index in [4.69, 9.17) is 4.74 Å². The minimum Gasteiger partial charge on any atom is -1.00 e. The van der Waals surface area contributed by atoms with E-state index in [0.29, 0.717) is 0 Å². The number of hydrogen-bond donors (Lipinski definition) is 0. The van der Waals surface area contributed by atoms with Crippen LogP contribution >= 0.6 is 0 Å². The van der Waals surface area contributed by atoms with E-state index in [0.717, 1.165) is 25.0 Å². The highest BCUT2D eigenvalue weighted by molar-refractivity contribution is 4.57. The highest BCUT2D eigenvalue weighted by Gasteiger charge is 2.25. The van der Waals surface area contributed by atoms with Crippen molar-refractivity contribution in [3.05, 3.63) is 0 Å². The Labute approximate surface area is 131 Å². The molecule has 0 saturated carbocycles. The Morgan fingerprint density at radius 2 is 1.61 bits per heavy atom. The molecular formula is C15H32INO. The maximum atomic E-state index is 5.45.